The predicted molar refractivity (Wildman–Crippen MR) is 339 cm³/mol. The summed E-state index contributed by atoms with van der Waals surface area (Å²) < 4.78 is 26.7. The van der Waals surface area contributed by atoms with Crippen molar-refractivity contribution in [2.45, 2.75) is 167 Å². The zero-order valence-corrected chi connectivity index (χ0v) is 52.6. The van der Waals surface area contributed by atoms with E-state index in [9.17, 15) is 29.4 Å². The highest BCUT2D eigenvalue weighted by molar-refractivity contribution is 6.03. The predicted octanol–water partition coefficient (Wildman–Crippen LogP) is 12.6. The topological polar surface area (TPSA) is 200 Å². The van der Waals surface area contributed by atoms with E-state index in [1.165, 1.54) is 55.4 Å². The first-order valence-corrected chi connectivity index (χ1v) is 32.3. The highest BCUT2D eigenvalue weighted by Crippen LogP contribution is 2.68. The lowest BCUT2D eigenvalue weighted by molar-refractivity contribution is -0.283. The molecule has 10 rings (SSSR count). The molecule has 4 unspecified atom stereocenters. The van der Waals surface area contributed by atoms with E-state index in [1.54, 1.807) is 49.6 Å². The molecule has 0 radical (unpaired) electrons. The van der Waals surface area contributed by atoms with Gasteiger partial charge in [-0.1, -0.05) is 151 Å². The van der Waals surface area contributed by atoms with Gasteiger partial charge >= 0.3 is 11.7 Å². The largest absolute Gasteiger partial charge is 0.497 e. The van der Waals surface area contributed by atoms with Crippen LogP contribution in [0.2, 0.25) is 0 Å². The number of unbranched alkanes of at least 4 members (excludes halogenated alkanes) is 3. The lowest BCUT2D eigenvalue weighted by Gasteiger charge is -2.60. The number of aliphatic hydroxyl groups excluding tert-OH is 1. The summed E-state index contributed by atoms with van der Waals surface area (Å²) in [6, 6.07) is 35.0. The van der Waals surface area contributed by atoms with Crippen LogP contribution < -0.4 is 25.8 Å². The van der Waals surface area contributed by atoms with Crippen molar-refractivity contribution in [2.75, 3.05) is 39.2 Å². The van der Waals surface area contributed by atoms with Crippen LogP contribution in [0.15, 0.2) is 138 Å². The molecule has 12 atom stereocenters. The number of aromatic nitrogens is 2. The number of ether oxygens (including phenoxy) is 4. The van der Waals surface area contributed by atoms with E-state index in [1.807, 2.05) is 78.9 Å². The maximum absolute atomic E-state index is 14.6. The van der Waals surface area contributed by atoms with Crippen molar-refractivity contribution >= 4 is 24.1 Å². The number of hydroxylamine groups is 2. The first kappa shape index (κ1) is 64.3. The van der Waals surface area contributed by atoms with Crippen molar-refractivity contribution in [2.24, 2.45) is 46.3 Å². The molecular formula is C72H93N5O11. The fourth-order valence-corrected chi connectivity index (χ4v) is 16.5. The Morgan fingerprint density at radius 1 is 0.807 bits per heavy atom. The Morgan fingerprint density at radius 3 is 2.10 bits per heavy atom. The van der Waals surface area contributed by atoms with Crippen LogP contribution in [0.4, 0.5) is 5.82 Å². The van der Waals surface area contributed by atoms with Gasteiger partial charge in [0.05, 0.1) is 20.8 Å². The number of nitrogens with zero attached hydrogens (tertiary/aromatic N) is 3. The van der Waals surface area contributed by atoms with Gasteiger partial charge in [0.15, 0.2) is 12.3 Å². The van der Waals surface area contributed by atoms with Crippen LogP contribution in [-0.2, 0) is 29.5 Å². The van der Waals surface area contributed by atoms with Crippen LogP contribution >= 0.6 is 0 Å². The number of carbonyl (C=O) groups is 3. The standard InChI is InChI=1S/C72H93N5O11/c1-48(2)19-18-20-49(3)58-35-36-59-57-34-29-54-45-71(67(81)82,41-40-69(54,4)60(57)37-39-70(58,59)5)77(43-17-9-8-16-42-73-47-78)88-64-63(79)61(87-66(64)76-44-38-62(75-68(76)83)74-65(80)50-21-12-10-13-22-50)46-86-72(51-23-14-11-15-24-51,52-25-30-55(84-6)31-26-52)53-27-32-56(85-7)33-28-53/h10-15,21-33,38,44,47-49,57-61,63-64,66,79H,8-9,16-20,34-37,39-43,45-46H2,1-7H3,(H,73,78)(H,81,82)(H,74,75,80,83)/t49-,57?,58-,59?,60?,61-,63-,64-,66-,69+,70-,71?/m1/s1. The third kappa shape index (κ3) is 13.0. The van der Waals surface area contributed by atoms with Crippen LogP contribution in [0, 0.1) is 46.3 Å². The summed E-state index contributed by atoms with van der Waals surface area (Å²) in [7, 11) is 3.21. The van der Waals surface area contributed by atoms with Crippen LogP contribution in [0.1, 0.15) is 164 Å². The molecule has 1 aliphatic heterocycles. The number of benzene rings is 4. The van der Waals surface area contributed by atoms with Crippen molar-refractivity contribution < 1.29 is 48.4 Å². The van der Waals surface area contributed by atoms with E-state index in [-0.39, 0.29) is 30.8 Å². The quantitative estimate of drug-likeness (QED) is 0.0121. The summed E-state index contributed by atoms with van der Waals surface area (Å²) >= 11 is 0. The average Bonchev–Trinajstić information content (AvgIpc) is 1.23. The fourth-order valence-electron chi connectivity index (χ4n) is 16.5. The third-order valence-electron chi connectivity index (χ3n) is 21.3. The minimum Gasteiger partial charge on any atom is -0.497 e. The average molecular weight is 1200 g/mol. The van der Waals surface area contributed by atoms with E-state index in [0.717, 1.165) is 47.9 Å². The van der Waals surface area contributed by atoms with Gasteiger partial charge in [-0.15, -0.1) is 0 Å². The molecule has 4 fully saturated rings. The van der Waals surface area contributed by atoms with E-state index in [2.05, 4.69) is 56.3 Å². The number of carboxylic acid groups (broad SMARTS) is 1. The Morgan fingerprint density at radius 2 is 1.47 bits per heavy atom. The number of aliphatic hydroxyl groups is 1. The van der Waals surface area contributed by atoms with E-state index >= 15 is 0 Å². The number of carboxylic acids is 1. The molecule has 4 N–H and O–H groups in total. The summed E-state index contributed by atoms with van der Waals surface area (Å²) in [6.07, 6.45) is 12.6. The van der Waals surface area contributed by atoms with Gasteiger partial charge in [0.25, 0.3) is 5.91 Å². The number of anilines is 1. The van der Waals surface area contributed by atoms with Crippen LogP contribution in [0.3, 0.4) is 0 Å². The first-order chi connectivity index (χ1) is 42.5. The Balaban J connectivity index is 1.000. The molecule has 2 amide bonds. The van der Waals surface area contributed by atoms with Crippen molar-refractivity contribution in [1.82, 2.24) is 19.9 Å². The molecule has 2 heterocycles. The van der Waals surface area contributed by atoms with Crippen LogP contribution in [-0.4, -0.2) is 101 Å². The SMILES string of the molecule is COc1ccc(C(OC[C@H]2O[C@@H](n3ccc(NC(=O)c4ccccc4)nc3=O)[C@H](ON(CCCCCCNC=O)C3(C(=O)O)CC[C@@]4(C)C(=CCC5C4CC[C@@]4(C)C5CC[C@@H]4[C@H](C)CCCC(C)C)C3)[C@@H]2O)(c2ccccc2)c2ccc(OC)cc2)cc1. The molecule has 5 aliphatic rings. The molecule has 16 nitrogen and oxygen atoms in total. The molecule has 472 valence electrons. The number of allylic oxidation sites excluding steroid dienone is 1. The smallest absolute Gasteiger partial charge is 0.351 e. The first-order valence-electron chi connectivity index (χ1n) is 32.3. The van der Waals surface area contributed by atoms with Gasteiger partial charge in [0, 0.05) is 31.3 Å². The van der Waals surface area contributed by atoms with Gasteiger partial charge in [-0.25, -0.2) is 4.79 Å². The molecule has 16 heteroatoms. The second kappa shape index (κ2) is 28.0. The summed E-state index contributed by atoms with van der Waals surface area (Å²) in [5.41, 5.74) is 0.194. The second-order valence-electron chi connectivity index (χ2n) is 26.7. The maximum Gasteiger partial charge on any atom is 0.351 e. The number of carbonyl (C=O) groups excluding carboxylic acids is 2. The summed E-state index contributed by atoms with van der Waals surface area (Å²) in [5.74, 6) is 3.51. The van der Waals surface area contributed by atoms with Crippen molar-refractivity contribution in [1.29, 1.82) is 0 Å². The number of hydrogen-bond donors (Lipinski definition) is 4. The van der Waals surface area contributed by atoms with Crippen molar-refractivity contribution in [3.8, 4) is 11.5 Å². The number of nitrogens with one attached hydrogen (secondary N) is 2. The van der Waals surface area contributed by atoms with Gasteiger partial charge < -0.3 is 39.8 Å². The Labute approximate surface area is 519 Å². The molecule has 0 spiro atoms. The van der Waals surface area contributed by atoms with Gasteiger partial charge in [-0.2, -0.15) is 10.0 Å². The third-order valence-corrected chi connectivity index (χ3v) is 21.3. The van der Waals surface area contributed by atoms with Crippen molar-refractivity contribution in [3.63, 3.8) is 0 Å². The molecule has 88 heavy (non-hydrogen) atoms. The summed E-state index contributed by atoms with van der Waals surface area (Å²) in [6.45, 7) is 12.6. The van der Waals surface area contributed by atoms with E-state index in [4.69, 9.17) is 23.8 Å². The number of rotatable bonds is 28. The van der Waals surface area contributed by atoms with Gasteiger partial charge in [-0.05, 0) is 163 Å². The van der Waals surface area contributed by atoms with E-state index < -0.39 is 53.2 Å². The fraction of sp³-hybridized carbons (Fsp3) is 0.542. The lowest BCUT2D eigenvalue weighted by Crippen LogP contribution is -2.62. The minimum atomic E-state index is -1.57. The Kier molecular flexibility index (Phi) is 20.5. The Hall–Kier alpha value is -6.69. The molecule has 4 aliphatic carbocycles. The van der Waals surface area contributed by atoms with Gasteiger partial charge in [0.1, 0.15) is 40.7 Å². The maximum atomic E-state index is 14.6. The molecular weight excluding hydrogens is 1110 g/mol. The van der Waals surface area contributed by atoms with E-state index in [0.29, 0.717) is 96.6 Å². The molecule has 1 saturated heterocycles. The number of amides is 2. The molecule has 3 saturated carbocycles. The highest BCUT2D eigenvalue weighted by Gasteiger charge is 2.63. The van der Waals surface area contributed by atoms with Gasteiger partial charge in [-0.3, -0.25) is 23.8 Å². The number of hydrogen-bond acceptors (Lipinski definition) is 12. The van der Waals surface area contributed by atoms with Crippen molar-refractivity contribution in [3.05, 3.63) is 166 Å². The zero-order chi connectivity index (χ0) is 62.2. The zero-order valence-electron chi connectivity index (χ0n) is 52.6. The number of aliphatic carboxylic acids is 1. The summed E-state index contributed by atoms with van der Waals surface area (Å²) in [5, 5.41) is 32.1. The van der Waals surface area contributed by atoms with Gasteiger partial charge in [0.2, 0.25) is 6.41 Å². The molecule has 0 bridgehead atoms. The number of fused-ring (bicyclic) bond motifs is 5. The highest BCUT2D eigenvalue weighted by atomic mass is 16.7. The molecule has 4 aromatic carbocycles. The van der Waals surface area contributed by atoms with Crippen LogP contribution in [0.5, 0.6) is 11.5 Å². The minimum absolute atomic E-state index is 0.00248. The monoisotopic (exact) mass is 1200 g/mol. The van der Waals surface area contributed by atoms with Crippen LogP contribution in [0.25, 0.3) is 0 Å². The lowest BCUT2D eigenvalue weighted by atomic mass is 9.46. The summed E-state index contributed by atoms with van der Waals surface area (Å²) in [4.78, 5) is 65.2. The normalized spacial score (nSPS) is 27.8. The number of methoxy groups -OCH3 is 2. The second-order valence-corrected chi connectivity index (χ2v) is 26.7. The molecule has 1 aromatic heterocycles. The Bertz CT molecular complexity index is 3180. The molecule has 5 aromatic rings.